The third-order valence-corrected chi connectivity index (χ3v) is 3.06. The molecule has 0 amide bonds. The molecule has 0 atom stereocenters. The molecular weight excluding hydrogens is 313 g/mol. The fourth-order valence-electron chi connectivity index (χ4n) is 1.92. The highest BCUT2D eigenvalue weighted by atomic mass is 35.5. The number of carboxylic acids is 1. The molecule has 0 fully saturated rings. The Morgan fingerprint density at radius 3 is 2.59 bits per heavy atom. The van der Waals surface area contributed by atoms with Gasteiger partial charge >= 0.3 is 5.97 Å². The van der Waals surface area contributed by atoms with Gasteiger partial charge in [0.1, 0.15) is 5.82 Å². The van der Waals surface area contributed by atoms with E-state index in [4.69, 9.17) is 16.7 Å². The number of rotatable bonds is 4. The van der Waals surface area contributed by atoms with E-state index in [0.717, 1.165) is 6.07 Å². The van der Waals surface area contributed by atoms with Gasteiger partial charge in [-0.15, -0.1) is 0 Å². The van der Waals surface area contributed by atoms with Crippen molar-refractivity contribution in [1.82, 2.24) is 0 Å². The second kappa shape index (κ2) is 6.36. The number of aromatic carboxylic acids is 1. The predicted molar refractivity (Wildman–Crippen MR) is 80.4 cm³/mol. The first-order chi connectivity index (χ1) is 10.4. The Morgan fingerprint density at radius 2 is 2.00 bits per heavy atom. The topological polar surface area (TPSA) is 80.4 Å². The second-order valence-corrected chi connectivity index (χ2v) is 4.77. The Labute approximate surface area is 129 Å². The molecule has 0 aliphatic heterocycles. The first-order valence-electron chi connectivity index (χ1n) is 6.03. The van der Waals surface area contributed by atoms with Crippen molar-refractivity contribution in [2.24, 2.45) is 0 Å². The van der Waals surface area contributed by atoms with E-state index in [0.29, 0.717) is 5.56 Å². The molecule has 0 saturated carbocycles. The minimum absolute atomic E-state index is 0.0691. The molecule has 0 radical (unpaired) electrons. The maximum Gasteiger partial charge on any atom is 0.336 e. The minimum Gasteiger partial charge on any atom is -0.478 e. The second-order valence-electron chi connectivity index (χ2n) is 4.34. The number of halogens is 2. The highest BCUT2D eigenvalue weighted by Crippen LogP contribution is 2.25. The van der Waals surface area contributed by atoms with Crippen LogP contribution in [0.2, 0.25) is 5.02 Å². The van der Waals surface area contributed by atoms with E-state index in [-0.39, 0.29) is 21.8 Å². The van der Waals surface area contributed by atoms with Gasteiger partial charge in [-0.25, -0.2) is 9.18 Å². The Hall–Kier alpha value is -2.73. The van der Waals surface area contributed by atoms with E-state index >= 15 is 0 Å². The number of benzene rings is 2. The molecule has 0 spiro atoms. The summed E-state index contributed by atoms with van der Waals surface area (Å²) in [6.07, 6.45) is 2.62. The average Bonchev–Trinajstić information content (AvgIpc) is 2.43. The molecule has 0 unspecified atom stereocenters. The molecule has 2 aromatic rings. The Kier molecular flexibility index (Phi) is 4.53. The van der Waals surface area contributed by atoms with Crippen LogP contribution in [-0.2, 0) is 0 Å². The first kappa shape index (κ1) is 15.7. The Morgan fingerprint density at radius 1 is 1.27 bits per heavy atom. The van der Waals surface area contributed by atoms with Crippen LogP contribution in [0.5, 0.6) is 0 Å². The molecule has 0 aromatic heterocycles. The smallest absolute Gasteiger partial charge is 0.336 e. The van der Waals surface area contributed by atoms with Gasteiger partial charge in [0, 0.05) is 11.1 Å². The fraction of sp³-hybridized carbons (Fsp3) is 0. The van der Waals surface area contributed by atoms with Gasteiger partial charge in [0.25, 0.3) is 5.69 Å². The monoisotopic (exact) mass is 321 g/mol. The van der Waals surface area contributed by atoms with Crippen LogP contribution >= 0.6 is 11.6 Å². The molecule has 1 N–H and O–H groups in total. The van der Waals surface area contributed by atoms with E-state index in [1.165, 1.54) is 42.5 Å². The molecular formula is C15H9ClFNO4. The van der Waals surface area contributed by atoms with Gasteiger partial charge in [0.15, 0.2) is 0 Å². The van der Waals surface area contributed by atoms with Crippen LogP contribution in [0.3, 0.4) is 0 Å². The van der Waals surface area contributed by atoms with Crippen molar-refractivity contribution in [1.29, 1.82) is 0 Å². The fourth-order valence-corrected chi connectivity index (χ4v) is 2.16. The van der Waals surface area contributed by atoms with E-state index < -0.39 is 16.7 Å². The highest BCUT2D eigenvalue weighted by molar-refractivity contribution is 6.30. The van der Waals surface area contributed by atoms with Crippen molar-refractivity contribution in [3.63, 3.8) is 0 Å². The van der Waals surface area contributed by atoms with E-state index in [2.05, 4.69) is 0 Å². The van der Waals surface area contributed by atoms with Gasteiger partial charge in [0.05, 0.1) is 16.1 Å². The normalized spacial score (nSPS) is 10.8. The molecule has 2 rings (SSSR count). The summed E-state index contributed by atoms with van der Waals surface area (Å²) in [6, 6.07) is 7.50. The average molecular weight is 322 g/mol. The molecule has 0 heterocycles. The molecule has 0 saturated heterocycles. The van der Waals surface area contributed by atoms with Crippen LogP contribution in [0.4, 0.5) is 10.1 Å². The number of hydrogen-bond donors (Lipinski definition) is 1. The molecule has 0 bridgehead atoms. The van der Waals surface area contributed by atoms with E-state index in [1.54, 1.807) is 0 Å². The lowest BCUT2D eigenvalue weighted by atomic mass is 10.0. The number of carboxylic acid groups (broad SMARTS) is 1. The summed E-state index contributed by atoms with van der Waals surface area (Å²) in [7, 11) is 0. The largest absolute Gasteiger partial charge is 0.478 e. The lowest BCUT2D eigenvalue weighted by Crippen LogP contribution is -2.02. The summed E-state index contributed by atoms with van der Waals surface area (Å²) < 4.78 is 13.2. The lowest BCUT2D eigenvalue weighted by molar-refractivity contribution is -0.385. The maximum absolute atomic E-state index is 13.2. The standard InChI is InChI=1S/C15H9ClFNO4/c16-10-6-9(7-11(17)8-10)4-5-12-13(15(19)20)2-1-3-14(12)18(21)22/h1-8H,(H,19,20). The summed E-state index contributed by atoms with van der Waals surface area (Å²) in [5, 5.41) is 20.3. The van der Waals surface area contributed by atoms with Gasteiger partial charge in [0.2, 0.25) is 0 Å². The van der Waals surface area contributed by atoms with Gasteiger partial charge < -0.3 is 5.11 Å². The molecule has 2 aromatic carbocycles. The van der Waals surface area contributed by atoms with Gasteiger partial charge in [-0.2, -0.15) is 0 Å². The third-order valence-electron chi connectivity index (χ3n) is 2.84. The van der Waals surface area contributed by atoms with Crippen LogP contribution in [0.25, 0.3) is 12.2 Å². The van der Waals surface area contributed by atoms with Gasteiger partial charge in [-0.05, 0) is 35.9 Å². The molecule has 7 heteroatoms. The number of nitro groups is 1. The maximum atomic E-state index is 13.2. The van der Waals surface area contributed by atoms with Crippen LogP contribution < -0.4 is 0 Å². The van der Waals surface area contributed by atoms with Crippen molar-refractivity contribution >= 4 is 35.4 Å². The number of nitrogens with zero attached hydrogens (tertiary/aromatic N) is 1. The summed E-state index contributed by atoms with van der Waals surface area (Å²) >= 11 is 5.72. The van der Waals surface area contributed by atoms with Gasteiger partial charge in [-0.1, -0.05) is 23.7 Å². The quantitative estimate of drug-likeness (QED) is 0.518. The summed E-state index contributed by atoms with van der Waals surface area (Å²) in [6.45, 7) is 0. The number of nitro benzene ring substituents is 1. The van der Waals surface area contributed by atoms with Crippen LogP contribution in [-0.4, -0.2) is 16.0 Å². The highest BCUT2D eigenvalue weighted by Gasteiger charge is 2.18. The summed E-state index contributed by atoms with van der Waals surface area (Å²) in [5.41, 5.74) is -0.272. The van der Waals surface area contributed by atoms with Crippen molar-refractivity contribution in [2.45, 2.75) is 0 Å². The van der Waals surface area contributed by atoms with E-state index in [9.17, 15) is 19.3 Å². The molecule has 0 aliphatic rings. The van der Waals surface area contributed by atoms with Crippen LogP contribution in [0.15, 0.2) is 36.4 Å². The SMILES string of the molecule is O=C(O)c1cccc([N+](=O)[O-])c1C=Cc1cc(F)cc(Cl)c1. The zero-order valence-electron chi connectivity index (χ0n) is 11.0. The number of carbonyl (C=O) groups is 1. The predicted octanol–water partition coefficient (Wildman–Crippen LogP) is 4.26. The number of hydrogen-bond acceptors (Lipinski definition) is 3. The van der Waals surface area contributed by atoms with Crippen molar-refractivity contribution in [2.75, 3.05) is 0 Å². The third kappa shape index (κ3) is 3.48. The zero-order valence-corrected chi connectivity index (χ0v) is 11.7. The zero-order chi connectivity index (χ0) is 16.3. The lowest BCUT2D eigenvalue weighted by Gasteiger charge is -2.03. The van der Waals surface area contributed by atoms with Crippen molar-refractivity contribution < 1.29 is 19.2 Å². The Bertz CT molecular complexity index is 737. The van der Waals surface area contributed by atoms with Crippen molar-refractivity contribution in [3.8, 4) is 0 Å². The molecule has 5 nitrogen and oxygen atoms in total. The molecule has 112 valence electrons. The summed E-state index contributed by atoms with van der Waals surface area (Å²) in [4.78, 5) is 21.5. The minimum atomic E-state index is -1.29. The summed E-state index contributed by atoms with van der Waals surface area (Å²) in [5.74, 6) is -1.85. The van der Waals surface area contributed by atoms with Crippen LogP contribution in [0.1, 0.15) is 21.5 Å². The Balaban J connectivity index is 2.53. The van der Waals surface area contributed by atoms with Crippen molar-refractivity contribution in [3.05, 3.63) is 74.0 Å². The molecule has 0 aliphatic carbocycles. The molecule has 22 heavy (non-hydrogen) atoms. The first-order valence-corrected chi connectivity index (χ1v) is 6.41. The van der Waals surface area contributed by atoms with Gasteiger partial charge in [-0.3, -0.25) is 10.1 Å². The van der Waals surface area contributed by atoms with E-state index in [1.807, 2.05) is 0 Å². The van der Waals surface area contributed by atoms with Crippen LogP contribution in [0, 0.1) is 15.9 Å².